The molecule has 0 spiro atoms. The summed E-state index contributed by atoms with van der Waals surface area (Å²) in [6.07, 6.45) is 1.02. The molecule has 27 heavy (non-hydrogen) atoms. The average molecular weight is 363 g/mol. The number of piperidine rings is 1. The highest BCUT2D eigenvalue weighted by Gasteiger charge is 2.37. The normalized spacial score (nSPS) is 23.2. The van der Waals surface area contributed by atoms with Crippen LogP contribution in [0.3, 0.4) is 0 Å². The molecular weight excluding hydrogens is 342 g/mol. The maximum absolute atomic E-state index is 12.9. The smallest absolute Gasteiger partial charge is 0.254 e. The molecule has 138 valence electrons. The van der Waals surface area contributed by atoms with Gasteiger partial charge >= 0.3 is 0 Å². The minimum Gasteiger partial charge on any atom is -0.340 e. The monoisotopic (exact) mass is 363 g/mol. The van der Waals surface area contributed by atoms with Crippen LogP contribution in [-0.2, 0) is 17.9 Å². The number of fused-ring (bicyclic) bond motifs is 5. The second-order valence-electron chi connectivity index (χ2n) is 7.82. The van der Waals surface area contributed by atoms with Gasteiger partial charge in [0.2, 0.25) is 5.91 Å². The van der Waals surface area contributed by atoms with Gasteiger partial charge < -0.3 is 14.4 Å². The molecule has 3 aliphatic heterocycles. The fourth-order valence-electron chi connectivity index (χ4n) is 4.81. The van der Waals surface area contributed by atoms with Gasteiger partial charge in [-0.25, -0.2) is 0 Å². The Labute approximate surface area is 157 Å². The van der Waals surface area contributed by atoms with Crippen LogP contribution in [0.2, 0.25) is 0 Å². The van der Waals surface area contributed by atoms with Crippen LogP contribution in [-0.4, -0.2) is 45.8 Å². The van der Waals surface area contributed by atoms with Gasteiger partial charge in [0.25, 0.3) is 11.5 Å². The van der Waals surface area contributed by atoms with E-state index in [1.165, 1.54) is 0 Å². The number of hydrogen-bond donors (Lipinski definition) is 0. The zero-order chi connectivity index (χ0) is 18.5. The van der Waals surface area contributed by atoms with Crippen molar-refractivity contribution in [3.05, 3.63) is 69.6 Å². The first-order valence-corrected chi connectivity index (χ1v) is 9.45. The first kappa shape index (κ1) is 16.3. The van der Waals surface area contributed by atoms with Gasteiger partial charge in [-0.2, -0.15) is 0 Å². The zero-order valence-electron chi connectivity index (χ0n) is 15.0. The Morgan fingerprint density at radius 3 is 2.70 bits per heavy atom. The number of carbonyl (C=O) groups is 2. The number of benzene rings is 1. The van der Waals surface area contributed by atoms with Crippen LogP contribution in [0.1, 0.15) is 34.0 Å². The van der Waals surface area contributed by atoms with Crippen molar-refractivity contribution < 1.29 is 9.59 Å². The standard InChI is InChI=1S/C21H21N3O3/c25-19-7-3-6-18-16-8-14(10-24(18)19)9-22(12-16)20(26)13-23-11-15-4-1-2-5-17(15)21(23)27/h1-7,14,16H,8-13H2. The summed E-state index contributed by atoms with van der Waals surface area (Å²) in [7, 11) is 0. The van der Waals surface area contributed by atoms with Gasteiger partial charge in [-0.05, 0) is 30.0 Å². The summed E-state index contributed by atoms with van der Waals surface area (Å²) in [6.45, 7) is 2.57. The Morgan fingerprint density at radius 2 is 1.85 bits per heavy atom. The van der Waals surface area contributed by atoms with Crippen LogP contribution < -0.4 is 5.56 Å². The van der Waals surface area contributed by atoms with Crippen molar-refractivity contribution in [3.63, 3.8) is 0 Å². The van der Waals surface area contributed by atoms with E-state index in [2.05, 4.69) is 0 Å². The lowest BCUT2D eigenvalue weighted by atomic mass is 9.83. The number of likely N-dealkylation sites (tertiary alicyclic amines) is 1. The van der Waals surface area contributed by atoms with Crippen molar-refractivity contribution in [1.29, 1.82) is 0 Å². The zero-order valence-corrected chi connectivity index (χ0v) is 15.0. The van der Waals surface area contributed by atoms with Gasteiger partial charge in [0.05, 0.1) is 0 Å². The maximum Gasteiger partial charge on any atom is 0.254 e. The van der Waals surface area contributed by atoms with Crippen molar-refractivity contribution in [1.82, 2.24) is 14.4 Å². The first-order valence-electron chi connectivity index (χ1n) is 9.45. The van der Waals surface area contributed by atoms with Gasteiger partial charge in [-0.1, -0.05) is 24.3 Å². The fourth-order valence-corrected chi connectivity index (χ4v) is 4.81. The molecule has 1 aromatic heterocycles. The minimum absolute atomic E-state index is 0.00224. The lowest BCUT2D eigenvalue weighted by Crippen LogP contribution is -2.51. The summed E-state index contributed by atoms with van der Waals surface area (Å²) in [5.74, 6) is 0.430. The summed E-state index contributed by atoms with van der Waals surface area (Å²) in [5.41, 5.74) is 2.76. The molecule has 3 aliphatic rings. The highest BCUT2D eigenvalue weighted by Crippen LogP contribution is 2.35. The maximum atomic E-state index is 12.9. The lowest BCUT2D eigenvalue weighted by molar-refractivity contribution is -0.134. The second kappa shape index (κ2) is 6.08. The Hall–Kier alpha value is -2.89. The molecule has 2 unspecified atom stereocenters. The number of rotatable bonds is 2. The minimum atomic E-state index is -0.0620. The SMILES string of the molecule is O=C(CN1Cc2ccccc2C1=O)N1CC2CC(C1)c1cccc(=O)n1C2. The van der Waals surface area contributed by atoms with Crippen LogP contribution in [0.4, 0.5) is 0 Å². The Balaban J connectivity index is 1.32. The molecule has 0 aliphatic carbocycles. The van der Waals surface area contributed by atoms with E-state index in [1.807, 2.05) is 39.8 Å². The molecule has 2 amide bonds. The Bertz CT molecular complexity index is 996. The van der Waals surface area contributed by atoms with E-state index in [0.29, 0.717) is 37.7 Å². The molecule has 6 heteroatoms. The number of amides is 2. The molecule has 0 radical (unpaired) electrons. The first-order chi connectivity index (χ1) is 13.1. The fraction of sp³-hybridized carbons (Fsp3) is 0.381. The highest BCUT2D eigenvalue weighted by molar-refractivity contribution is 6.00. The summed E-state index contributed by atoms with van der Waals surface area (Å²) < 4.78 is 1.86. The molecule has 0 N–H and O–H groups in total. The van der Waals surface area contributed by atoms with Gasteiger partial charge in [0, 0.05) is 49.4 Å². The van der Waals surface area contributed by atoms with Crippen LogP contribution in [0, 0.1) is 5.92 Å². The van der Waals surface area contributed by atoms with Gasteiger partial charge in [-0.15, -0.1) is 0 Å². The predicted molar refractivity (Wildman–Crippen MR) is 99.3 cm³/mol. The van der Waals surface area contributed by atoms with Crippen LogP contribution in [0.25, 0.3) is 0 Å². The highest BCUT2D eigenvalue weighted by atomic mass is 16.2. The lowest BCUT2D eigenvalue weighted by Gasteiger charge is -2.43. The molecule has 0 saturated carbocycles. The van der Waals surface area contributed by atoms with Crippen molar-refractivity contribution in [2.75, 3.05) is 19.6 Å². The molecule has 1 fully saturated rings. The van der Waals surface area contributed by atoms with Crippen LogP contribution in [0.5, 0.6) is 0 Å². The Kier molecular flexibility index (Phi) is 3.67. The molecule has 5 rings (SSSR count). The third-order valence-electron chi connectivity index (χ3n) is 6.05. The van der Waals surface area contributed by atoms with Crippen LogP contribution >= 0.6 is 0 Å². The number of pyridine rings is 1. The van der Waals surface area contributed by atoms with Gasteiger partial charge in [0.15, 0.2) is 0 Å². The van der Waals surface area contributed by atoms with E-state index in [4.69, 9.17) is 0 Å². The summed E-state index contributed by atoms with van der Waals surface area (Å²) in [6, 6.07) is 12.9. The van der Waals surface area contributed by atoms with E-state index in [0.717, 1.165) is 17.7 Å². The van der Waals surface area contributed by atoms with Crippen molar-refractivity contribution in [3.8, 4) is 0 Å². The molecule has 2 aromatic rings. The van der Waals surface area contributed by atoms with E-state index >= 15 is 0 Å². The van der Waals surface area contributed by atoms with Crippen molar-refractivity contribution in [2.24, 2.45) is 5.92 Å². The third kappa shape index (κ3) is 2.67. The number of carbonyl (C=O) groups excluding carboxylic acids is 2. The average Bonchev–Trinajstić information content (AvgIpc) is 2.98. The third-order valence-corrected chi connectivity index (χ3v) is 6.05. The quantitative estimate of drug-likeness (QED) is 0.811. The van der Waals surface area contributed by atoms with Gasteiger partial charge in [-0.3, -0.25) is 14.4 Å². The van der Waals surface area contributed by atoms with Crippen LogP contribution in [0.15, 0.2) is 47.3 Å². The molecule has 2 bridgehead atoms. The predicted octanol–water partition coefficient (Wildman–Crippen LogP) is 1.45. The van der Waals surface area contributed by atoms with Gasteiger partial charge in [0.1, 0.15) is 6.54 Å². The van der Waals surface area contributed by atoms with E-state index in [1.54, 1.807) is 17.0 Å². The molecular formula is C21H21N3O3. The molecule has 2 atom stereocenters. The van der Waals surface area contributed by atoms with Crippen molar-refractivity contribution >= 4 is 11.8 Å². The Morgan fingerprint density at radius 1 is 1.00 bits per heavy atom. The molecule has 1 aromatic carbocycles. The number of hydrogen-bond acceptors (Lipinski definition) is 3. The summed E-state index contributed by atoms with van der Waals surface area (Å²) >= 11 is 0. The van der Waals surface area contributed by atoms with Crippen molar-refractivity contribution in [2.45, 2.75) is 25.4 Å². The second-order valence-corrected chi connectivity index (χ2v) is 7.82. The molecule has 6 nitrogen and oxygen atoms in total. The molecule has 1 saturated heterocycles. The largest absolute Gasteiger partial charge is 0.340 e. The van der Waals surface area contributed by atoms with E-state index in [9.17, 15) is 14.4 Å². The number of nitrogens with zero attached hydrogens (tertiary/aromatic N) is 3. The van der Waals surface area contributed by atoms with E-state index in [-0.39, 0.29) is 29.8 Å². The molecule has 4 heterocycles. The summed E-state index contributed by atoms with van der Waals surface area (Å²) in [5, 5.41) is 0. The summed E-state index contributed by atoms with van der Waals surface area (Å²) in [4.78, 5) is 41.1. The number of aromatic nitrogens is 1. The van der Waals surface area contributed by atoms with E-state index < -0.39 is 0 Å². The topological polar surface area (TPSA) is 62.6 Å².